The lowest BCUT2D eigenvalue weighted by atomic mass is 10.2. The first kappa shape index (κ1) is 13.1. The maximum atomic E-state index is 12.5. The van der Waals surface area contributed by atoms with E-state index in [9.17, 15) is 4.79 Å². The van der Waals surface area contributed by atoms with E-state index in [0.717, 1.165) is 5.69 Å². The summed E-state index contributed by atoms with van der Waals surface area (Å²) >= 11 is 0. The zero-order valence-electron chi connectivity index (χ0n) is 11.2. The first-order valence-electron chi connectivity index (χ1n) is 6.37. The number of carbonyl (C=O) groups excluding carboxylic acids is 1. The monoisotopic (exact) mass is 258 g/mol. The van der Waals surface area contributed by atoms with Crippen LogP contribution in [0.15, 0.2) is 36.5 Å². The Labute approximate surface area is 112 Å². The number of para-hydroxylation sites is 1. The third-order valence-corrected chi connectivity index (χ3v) is 2.95. The van der Waals surface area contributed by atoms with Crippen LogP contribution < -0.4 is 10.6 Å². The molecule has 0 aliphatic carbocycles. The van der Waals surface area contributed by atoms with Crippen LogP contribution in [-0.2, 0) is 6.54 Å². The highest BCUT2D eigenvalue weighted by atomic mass is 16.2. The smallest absolute Gasteiger partial charge is 0.280 e. The van der Waals surface area contributed by atoms with Gasteiger partial charge in [-0.3, -0.25) is 9.48 Å². The molecule has 0 radical (unpaired) electrons. The minimum Gasteiger partial charge on any atom is -0.396 e. The third-order valence-electron chi connectivity index (χ3n) is 2.95. The summed E-state index contributed by atoms with van der Waals surface area (Å²) in [6, 6.07) is 9.52. The predicted octanol–water partition coefficient (Wildman–Crippen LogP) is 2.15. The fourth-order valence-electron chi connectivity index (χ4n) is 1.94. The summed E-state index contributed by atoms with van der Waals surface area (Å²) in [7, 11) is 0. The highest BCUT2D eigenvalue weighted by molar-refractivity contribution is 6.07. The molecule has 5 heteroatoms. The first-order valence-corrected chi connectivity index (χ1v) is 6.37. The second-order valence-corrected chi connectivity index (χ2v) is 4.17. The van der Waals surface area contributed by atoms with Crippen molar-refractivity contribution in [2.75, 3.05) is 17.2 Å². The summed E-state index contributed by atoms with van der Waals surface area (Å²) in [5.41, 5.74) is 7.44. The molecule has 2 N–H and O–H groups in total. The molecule has 2 rings (SSSR count). The van der Waals surface area contributed by atoms with Crippen molar-refractivity contribution in [3.05, 3.63) is 42.2 Å². The molecule has 100 valence electrons. The van der Waals surface area contributed by atoms with Crippen LogP contribution in [0.4, 0.5) is 11.4 Å². The number of anilines is 2. The Hall–Kier alpha value is -2.30. The van der Waals surface area contributed by atoms with E-state index in [2.05, 4.69) is 5.10 Å². The van der Waals surface area contributed by atoms with E-state index in [1.54, 1.807) is 15.8 Å². The van der Waals surface area contributed by atoms with Gasteiger partial charge in [0.1, 0.15) is 0 Å². The van der Waals surface area contributed by atoms with Crippen molar-refractivity contribution in [3.63, 3.8) is 0 Å². The maximum absolute atomic E-state index is 12.5. The molecule has 0 saturated carbocycles. The van der Waals surface area contributed by atoms with Crippen LogP contribution in [0.5, 0.6) is 0 Å². The molecule has 0 fully saturated rings. The summed E-state index contributed by atoms with van der Waals surface area (Å²) in [5, 5.41) is 4.22. The van der Waals surface area contributed by atoms with E-state index < -0.39 is 0 Å². The van der Waals surface area contributed by atoms with E-state index in [4.69, 9.17) is 5.73 Å². The van der Waals surface area contributed by atoms with E-state index in [-0.39, 0.29) is 5.91 Å². The van der Waals surface area contributed by atoms with Gasteiger partial charge in [-0.05, 0) is 26.0 Å². The fourth-order valence-corrected chi connectivity index (χ4v) is 1.94. The fraction of sp³-hybridized carbons (Fsp3) is 0.286. The summed E-state index contributed by atoms with van der Waals surface area (Å²) < 4.78 is 1.67. The van der Waals surface area contributed by atoms with Crippen molar-refractivity contribution in [2.45, 2.75) is 20.4 Å². The standard InChI is InChI=1S/C14H18N4O/c1-3-17-10-12(15)13(16-17)14(19)18(4-2)11-8-6-5-7-9-11/h5-10H,3-4,15H2,1-2H3. The molecule has 0 aliphatic heterocycles. The number of amides is 1. The number of hydrogen-bond acceptors (Lipinski definition) is 3. The number of rotatable bonds is 4. The number of carbonyl (C=O) groups is 1. The van der Waals surface area contributed by atoms with Crippen LogP contribution in [0, 0.1) is 0 Å². The topological polar surface area (TPSA) is 64.2 Å². The van der Waals surface area contributed by atoms with E-state index in [0.29, 0.717) is 24.5 Å². The van der Waals surface area contributed by atoms with E-state index in [1.165, 1.54) is 0 Å². The third kappa shape index (κ3) is 2.59. The number of nitrogens with two attached hydrogens (primary N) is 1. The molecule has 19 heavy (non-hydrogen) atoms. The summed E-state index contributed by atoms with van der Waals surface area (Å²) in [6.07, 6.45) is 1.69. The predicted molar refractivity (Wildman–Crippen MR) is 76.1 cm³/mol. The van der Waals surface area contributed by atoms with Gasteiger partial charge in [0, 0.05) is 25.0 Å². The summed E-state index contributed by atoms with van der Waals surface area (Å²) in [5.74, 6) is -0.168. The molecule has 1 aromatic heterocycles. The van der Waals surface area contributed by atoms with Gasteiger partial charge in [-0.15, -0.1) is 0 Å². The van der Waals surface area contributed by atoms with Crippen LogP contribution in [0.25, 0.3) is 0 Å². The molecule has 1 heterocycles. The number of hydrogen-bond donors (Lipinski definition) is 1. The van der Waals surface area contributed by atoms with Gasteiger partial charge >= 0.3 is 0 Å². The van der Waals surface area contributed by atoms with Gasteiger partial charge in [0.25, 0.3) is 5.91 Å². The molecule has 0 saturated heterocycles. The summed E-state index contributed by atoms with van der Waals surface area (Å²) in [4.78, 5) is 14.2. The van der Waals surface area contributed by atoms with Gasteiger partial charge in [-0.1, -0.05) is 18.2 Å². The Morgan fingerprint density at radius 1 is 1.32 bits per heavy atom. The van der Waals surface area contributed by atoms with Crippen LogP contribution in [-0.4, -0.2) is 22.2 Å². The molecule has 0 bridgehead atoms. The second kappa shape index (κ2) is 5.56. The number of aryl methyl sites for hydroxylation is 1. The van der Waals surface area contributed by atoms with Crippen LogP contribution in [0.3, 0.4) is 0 Å². The molecule has 1 aromatic carbocycles. The Balaban J connectivity index is 2.33. The van der Waals surface area contributed by atoms with Gasteiger partial charge in [-0.2, -0.15) is 5.10 Å². The van der Waals surface area contributed by atoms with E-state index >= 15 is 0 Å². The molecule has 0 aliphatic rings. The van der Waals surface area contributed by atoms with Crippen LogP contribution in [0.1, 0.15) is 24.3 Å². The van der Waals surface area contributed by atoms with Gasteiger partial charge < -0.3 is 10.6 Å². The van der Waals surface area contributed by atoms with Crippen molar-refractivity contribution in [2.24, 2.45) is 0 Å². The van der Waals surface area contributed by atoms with Crippen molar-refractivity contribution in [3.8, 4) is 0 Å². The average molecular weight is 258 g/mol. The lowest BCUT2D eigenvalue weighted by molar-refractivity contribution is 0.0983. The van der Waals surface area contributed by atoms with Gasteiger partial charge in [0.05, 0.1) is 5.69 Å². The number of aromatic nitrogens is 2. The second-order valence-electron chi connectivity index (χ2n) is 4.17. The number of nitrogens with zero attached hydrogens (tertiary/aromatic N) is 3. The Bertz CT molecular complexity index is 562. The highest BCUT2D eigenvalue weighted by Crippen LogP contribution is 2.18. The summed E-state index contributed by atoms with van der Waals surface area (Å²) in [6.45, 7) is 5.14. The zero-order chi connectivity index (χ0) is 13.8. The van der Waals surface area contributed by atoms with Crippen LogP contribution in [0.2, 0.25) is 0 Å². The molecular weight excluding hydrogens is 240 g/mol. The Morgan fingerprint density at radius 2 is 2.00 bits per heavy atom. The van der Waals surface area contributed by atoms with Crippen molar-refractivity contribution in [1.82, 2.24) is 9.78 Å². The van der Waals surface area contributed by atoms with Crippen molar-refractivity contribution < 1.29 is 4.79 Å². The molecule has 2 aromatic rings. The quantitative estimate of drug-likeness (QED) is 0.914. The zero-order valence-corrected chi connectivity index (χ0v) is 11.2. The Morgan fingerprint density at radius 3 is 2.53 bits per heavy atom. The molecule has 0 atom stereocenters. The van der Waals surface area contributed by atoms with Gasteiger partial charge in [0.15, 0.2) is 5.69 Å². The highest BCUT2D eigenvalue weighted by Gasteiger charge is 2.21. The molecular formula is C14H18N4O. The molecule has 1 amide bonds. The van der Waals surface area contributed by atoms with Crippen molar-refractivity contribution >= 4 is 17.3 Å². The number of nitrogen functional groups attached to an aromatic ring is 1. The number of benzene rings is 1. The maximum Gasteiger partial charge on any atom is 0.280 e. The largest absolute Gasteiger partial charge is 0.396 e. The van der Waals surface area contributed by atoms with Crippen molar-refractivity contribution in [1.29, 1.82) is 0 Å². The van der Waals surface area contributed by atoms with Gasteiger partial charge in [-0.25, -0.2) is 0 Å². The lowest BCUT2D eigenvalue weighted by Crippen LogP contribution is -2.31. The SMILES string of the molecule is CCN(C(=O)c1nn(CC)cc1N)c1ccccc1. The molecule has 5 nitrogen and oxygen atoms in total. The van der Waals surface area contributed by atoms with E-state index in [1.807, 2.05) is 44.2 Å². The minimum absolute atomic E-state index is 0.168. The molecule has 0 unspecified atom stereocenters. The normalized spacial score (nSPS) is 10.4. The first-order chi connectivity index (χ1) is 9.17. The Kier molecular flexibility index (Phi) is 3.85. The average Bonchev–Trinajstić information content (AvgIpc) is 2.82. The minimum atomic E-state index is -0.168. The molecule has 0 spiro atoms. The van der Waals surface area contributed by atoms with Crippen LogP contribution >= 0.6 is 0 Å². The lowest BCUT2D eigenvalue weighted by Gasteiger charge is -2.20. The van der Waals surface area contributed by atoms with Gasteiger partial charge in [0.2, 0.25) is 0 Å².